The lowest BCUT2D eigenvalue weighted by atomic mass is 9.93. The van der Waals surface area contributed by atoms with Gasteiger partial charge in [0.2, 0.25) is 10.0 Å². The zero-order valence-corrected chi connectivity index (χ0v) is 21.5. The molecule has 0 aliphatic carbocycles. The summed E-state index contributed by atoms with van der Waals surface area (Å²) in [4.78, 5) is 1.29. The Morgan fingerprint density at radius 3 is 1.91 bits per heavy atom. The Morgan fingerprint density at radius 2 is 1.46 bits per heavy atom. The van der Waals surface area contributed by atoms with Crippen LogP contribution in [0.4, 0.5) is 0 Å². The first-order chi connectivity index (χ1) is 15.4. The first kappa shape index (κ1) is 34.3. The van der Waals surface area contributed by atoms with E-state index in [0.29, 0.717) is 5.56 Å². The van der Waals surface area contributed by atoms with E-state index in [4.69, 9.17) is 15.4 Å². The highest BCUT2D eigenvalue weighted by atomic mass is 32.2. The largest absolute Gasteiger partial charge is 0.487 e. The van der Waals surface area contributed by atoms with E-state index in [1.807, 2.05) is 47.9 Å². The lowest BCUT2D eigenvalue weighted by Gasteiger charge is -2.13. The number of aliphatic hydroxyl groups is 2. The predicted octanol–water partition coefficient (Wildman–Crippen LogP) is 4.41. The second-order valence-corrected chi connectivity index (χ2v) is 9.77. The number of sulfonamides is 1. The van der Waals surface area contributed by atoms with Gasteiger partial charge in [0.05, 0.1) is 4.90 Å². The van der Waals surface area contributed by atoms with Gasteiger partial charge in [-0.25, -0.2) is 13.6 Å². The molecule has 0 saturated carbocycles. The molecular formula is C23H31N3O5S4. The van der Waals surface area contributed by atoms with Crippen LogP contribution >= 0.6 is 35.8 Å². The maximum absolute atomic E-state index is 12.0. The summed E-state index contributed by atoms with van der Waals surface area (Å²) in [5.41, 5.74) is 12.4. The zero-order valence-electron chi connectivity index (χ0n) is 18.2. The maximum atomic E-state index is 12.0. The number of benzene rings is 2. The van der Waals surface area contributed by atoms with Gasteiger partial charge < -0.3 is 27.2 Å². The fraction of sp³-hybridized carbons (Fsp3) is 0.130. The minimum Gasteiger partial charge on any atom is -0.487 e. The summed E-state index contributed by atoms with van der Waals surface area (Å²) in [6.07, 6.45) is 1.90. The second-order valence-electron chi connectivity index (χ2n) is 6.50. The molecule has 192 valence electrons. The average molecular weight is 558 g/mol. The van der Waals surface area contributed by atoms with Gasteiger partial charge in [0.1, 0.15) is 0 Å². The molecule has 1 aromatic heterocycles. The van der Waals surface area contributed by atoms with Gasteiger partial charge in [0.15, 0.2) is 0 Å². The van der Waals surface area contributed by atoms with Crippen LogP contribution in [0.2, 0.25) is 0 Å². The third-order valence-corrected chi connectivity index (χ3v) is 6.29. The Labute approximate surface area is 221 Å². The van der Waals surface area contributed by atoms with Crippen LogP contribution < -0.4 is 16.6 Å². The number of hydrogen-bond acceptors (Lipinski definition) is 5. The summed E-state index contributed by atoms with van der Waals surface area (Å²) < 4.78 is 24.1. The van der Waals surface area contributed by atoms with Gasteiger partial charge in [-0.15, -0.1) is 17.9 Å². The van der Waals surface area contributed by atoms with Gasteiger partial charge in [-0.05, 0) is 41.4 Å². The van der Waals surface area contributed by atoms with Crippen LogP contribution in [0.5, 0.6) is 0 Å². The molecule has 0 spiro atoms. The number of primary sulfonamides is 1. The lowest BCUT2D eigenvalue weighted by Crippen LogP contribution is -2.13. The highest BCUT2D eigenvalue weighted by molar-refractivity contribution is 7.89. The second kappa shape index (κ2) is 15.9. The van der Waals surface area contributed by atoms with E-state index in [2.05, 4.69) is 49.4 Å². The molecule has 1 unspecified atom stereocenters. The number of rotatable bonds is 5. The van der Waals surface area contributed by atoms with Gasteiger partial charge in [0, 0.05) is 27.5 Å². The summed E-state index contributed by atoms with van der Waals surface area (Å²) in [6, 6.07) is 16.8. The standard InChI is InChI=1S/C20H19NO2S2.2CH3NOS.CH4.H2O/c1-3-14(2)20-19(15-9-5-4-6-10-15)17(13-24-20)16-11-7-8-12-18(16)25(21,22)23;2*2-1(3)4;;/h3-14H,1H2,2H3,(H2,21,22,23);2*(H3,2,3,4);1H4;1H2. The van der Waals surface area contributed by atoms with Gasteiger partial charge >= 0.3 is 0 Å². The third kappa shape index (κ3) is 10.9. The van der Waals surface area contributed by atoms with Gasteiger partial charge in [-0.2, -0.15) is 0 Å². The number of thiocarbonyl (C=S) groups is 2. The molecule has 0 radical (unpaired) electrons. The molecule has 35 heavy (non-hydrogen) atoms. The van der Waals surface area contributed by atoms with Crippen LogP contribution in [0.3, 0.4) is 0 Å². The monoisotopic (exact) mass is 557 g/mol. The molecular weight excluding hydrogens is 527 g/mol. The van der Waals surface area contributed by atoms with Crippen molar-refractivity contribution in [3.63, 3.8) is 0 Å². The van der Waals surface area contributed by atoms with Crippen molar-refractivity contribution in [2.45, 2.75) is 25.2 Å². The van der Waals surface area contributed by atoms with Crippen LogP contribution in [-0.4, -0.2) is 34.5 Å². The molecule has 0 aliphatic heterocycles. The van der Waals surface area contributed by atoms with Gasteiger partial charge in [0.25, 0.3) is 10.3 Å². The Kier molecular flexibility index (Phi) is 15.6. The summed E-state index contributed by atoms with van der Waals surface area (Å²) >= 11 is 9.35. The Morgan fingerprint density at radius 1 is 1.00 bits per heavy atom. The lowest BCUT2D eigenvalue weighted by molar-refractivity contribution is 0.559. The number of thiophene rings is 1. The maximum Gasteiger partial charge on any atom is 0.251 e. The molecule has 8 nitrogen and oxygen atoms in total. The molecule has 12 heteroatoms. The van der Waals surface area contributed by atoms with Gasteiger partial charge in [-0.3, -0.25) is 0 Å². The molecule has 0 amide bonds. The van der Waals surface area contributed by atoms with E-state index >= 15 is 0 Å². The van der Waals surface area contributed by atoms with E-state index < -0.39 is 20.4 Å². The van der Waals surface area contributed by atoms with Gasteiger partial charge in [-0.1, -0.05) is 69.0 Å². The number of allylic oxidation sites excluding steroid dienone is 1. The van der Waals surface area contributed by atoms with Crippen molar-refractivity contribution in [1.82, 2.24) is 0 Å². The molecule has 0 saturated heterocycles. The third-order valence-electron chi connectivity index (χ3n) is 4.13. The summed E-state index contributed by atoms with van der Waals surface area (Å²) in [5, 5.41) is 21.6. The quantitative estimate of drug-likeness (QED) is 0.225. The summed E-state index contributed by atoms with van der Waals surface area (Å²) in [7, 11) is -3.81. The molecule has 10 N–H and O–H groups in total. The molecule has 1 atom stereocenters. The summed E-state index contributed by atoms with van der Waals surface area (Å²) in [5.74, 6) is 0.163. The normalized spacial score (nSPS) is 10.5. The van der Waals surface area contributed by atoms with Crippen molar-refractivity contribution in [2.75, 3.05) is 0 Å². The van der Waals surface area contributed by atoms with Crippen molar-refractivity contribution < 1.29 is 24.1 Å². The van der Waals surface area contributed by atoms with Crippen LogP contribution in [0.25, 0.3) is 22.3 Å². The van der Waals surface area contributed by atoms with Crippen LogP contribution in [-0.2, 0) is 10.0 Å². The Bertz CT molecular complexity index is 1190. The van der Waals surface area contributed by atoms with E-state index in [-0.39, 0.29) is 23.7 Å². The van der Waals surface area contributed by atoms with Crippen LogP contribution in [0, 0.1) is 0 Å². The van der Waals surface area contributed by atoms with Crippen molar-refractivity contribution in [1.29, 1.82) is 0 Å². The molecule has 1 heterocycles. The molecule has 3 rings (SSSR count). The molecule has 0 bridgehead atoms. The fourth-order valence-electron chi connectivity index (χ4n) is 2.85. The Hall–Kier alpha value is -2.87. The van der Waals surface area contributed by atoms with E-state index in [9.17, 15) is 8.42 Å². The van der Waals surface area contributed by atoms with Crippen LogP contribution in [0.1, 0.15) is 25.1 Å². The highest BCUT2D eigenvalue weighted by Crippen LogP contribution is 2.44. The highest BCUT2D eigenvalue weighted by Gasteiger charge is 2.22. The minimum absolute atomic E-state index is 0. The summed E-state index contributed by atoms with van der Waals surface area (Å²) in [6.45, 7) is 5.99. The average Bonchev–Trinajstić information content (AvgIpc) is 3.17. The van der Waals surface area contributed by atoms with Crippen molar-refractivity contribution in [2.24, 2.45) is 16.6 Å². The fourth-order valence-corrected chi connectivity index (χ4v) is 4.75. The topological polar surface area (TPSA) is 184 Å². The molecule has 3 aromatic rings. The number of nitrogens with two attached hydrogens (primary N) is 3. The van der Waals surface area contributed by atoms with E-state index in [1.54, 1.807) is 29.5 Å². The number of hydrogen-bond donors (Lipinski definition) is 5. The molecule has 0 fully saturated rings. The Balaban J connectivity index is 0. The van der Waals surface area contributed by atoms with Crippen LogP contribution in [0.15, 0.2) is 77.5 Å². The predicted molar refractivity (Wildman–Crippen MR) is 154 cm³/mol. The minimum atomic E-state index is -3.81. The zero-order chi connectivity index (χ0) is 25.2. The number of aliphatic hydroxyl groups excluding tert-OH is 2. The first-order valence-electron chi connectivity index (χ1n) is 9.28. The van der Waals surface area contributed by atoms with Crippen molar-refractivity contribution in [3.8, 4) is 22.3 Å². The first-order valence-corrected chi connectivity index (χ1v) is 12.5. The molecule has 2 aromatic carbocycles. The SMILES string of the molecule is C.C=CC(C)c1scc(-c2ccccc2S(N)(=O)=O)c1-c1ccccc1.NC(O)=S.NC(O)=S.O. The van der Waals surface area contributed by atoms with Crippen molar-refractivity contribution in [3.05, 3.63) is 77.5 Å². The van der Waals surface area contributed by atoms with E-state index in [1.165, 1.54) is 0 Å². The smallest absolute Gasteiger partial charge is 0.251 e. The van der Waals surface area contributed by atoms with Crippen molar-refractivity contribution >= 4 is 56.1 Å². The molecule has 0 aliphatic rings. The van der Waals surface area contributed by atoms with E-state index in [0.717, 1.165) is 21.6 Å².